The summed E-state index contributed by atoms with van der Waals surface area (Å²) < 4.78 is 0. The van der Waals surface area contributed by atoms with E-state index in [4.69, 9.17) is 0 Å². The molecule has 0 aliphatic carbocycles. The van der Waals surface area contributed by atoms with Crippen LogP contribution in [0.1, 0.15) is 21.1 Å². The number of benzene rings is 1. The number of para-hydroxylation sites is 1. The van der Waals surface area contributed by atoms with E-state index in [-0.39, 0.29) is 5.78 Å². The van der Waals surface area contributed by atoms with Crippen molar-refractivity contribution in [2.75, 3.05) is 0 Å². The molecule has 0 saturated carbocycles. The Hall–Kier alpha value is -2.07. The predicted molar refractivity (Wildman–Crippen MR) is 72.0 cm³/mol. The summed E-state index contributed by atoms with van der Waals surface area (Å²) in [4.78, 5) is 20.9. The highest BCUT2D eigenvalue weighted by Gasteiger charge is 2.15. The SMILES string of the molecule is Cc1nc(C(=O)c2cccc3cccnc23)cs1. The zero-order valence-corrected chi connectivity index (χ0v) is 10.6. The van der Waals surface area contributed by atoms with E-state index in [2.05, 4.69) is 9.97 Å². The number of aryl methyl sites for hydroxylation is 1. The average molecular weight is 254 g/mol. The van der Waals surface area contributed by atoms with Gasteiger partial charge in [-0.15, -0.1) is 11.3 Å². The Morgan fingerprint density at radius 2 is 2.06 bits per heavy atom. The summed E-state index contributed by atoms with van der Waals surface area (Å²) in [5, 5.41) is 3.65. The number of carbonyl (C=O) groups excluding carboxylic acids is 1. The molecule has 88 valence electrons. The molecule has 0 fully saturated rings. The molecule has 0 N–H and O–H groups in total. The van der Waals surface area contributed by atoms with E-state index < -0.39 is 0 Å². The molecule has 0 atom stereocenters. The summed E-state index contributed by atoms with van der Waals surface area (Å²) >= 11 is 1.48. The molecule has 2 heterocycles. The van der Waals surface area contributed by atoms with Crippen molar-refractivity contribution in [3.05, 3.63) is 58.2 Å². The Morgan fingerprint density at radius 3 is 2.83 bits per heavy atom. The third kappa shape index (κ3) is 1.80. The number of hydrogen-bond acceptors (Lipinski definition) is 4. The van der Waals surface area contributed by atoms with E-state index in [1.165, 1.54) is 11.3 Å². The Morgan fingerprint density at radius 1 is 1.22 bits per heavy atom. The van der Waals surface area contributed by atoms with E-state index in [0.29, 0.717) is 11.3 Å². The van der Waals surface area contributed by atoms with E-state index in [1.807, 2.05) is 31.2 Å². The van der Waals surface area contributed by atoms with Crippen molar-refractivity contribution in [3.63, 3.8) is 0 Å². The molecule has 0 aliphatic rings. The van der Waals surface area contributed by atoms with Gasteiger partial charge >= 0.3 is 0 Å². The minimum Gasteiger partial charge on any atom is -0.287 e. The number of nitrogens with zero attached hydrogens (tertiary/aromatic N) is 2. The molecule has 18 heavy (non-hydrogen) atoms. The summed E-state index contributed by atoms with van der Waals surface area (Å²) in [6.45, 7) is 1.89. The van der Waals surface area contributed by atoms with Crippen LogP contribution in [0.2, 0.25) is 0 Å². The van der Waals surface area contributed by atoms with Crippen LogP contribution in [0.4, 0.5) is 0 Å². The quantitative estimate of drug-likeness (QED) is 0.659. The topological polar surface area (TPSA) is 42.9 Å². The first kappa shape index (κ1) is 11.0. The predicted octanol–water partition coefficient (Wildman–Crippen LogP) is 3.23. The maximum atomic E-state index is 12.4. The molecule has 0 saturated heterocycles. The first-order valence-electron chi connectivity index (χ1n) is 5.56. The Kier molecular flexibility index (Phi) is 2.64. The van der Waals surface area contributed by atoms with Gasteiger partial charge in [0.15, 0.2) is 0 Å². The molecule has 3 rings (SSSR count). The molecular weight excluding hydrogens is 244 g/mol. The third-order valence-electron chi connectivity index (χ3n) is 2.73. The minimum absolute atomic E-state index is 0.0661. The second kappa shape index (κ2) is 4.31. The van der Waals surface area contributed by atoms with E-state index >= 15 is 0 Å². The molecule has 0 bridgehead atoms. The van der Waals surface area contributed by atoms with Crippen molar-refractivity contribution in [2.24, 2.45) is 0 Å². The average Bonchev–Trinajstić information content (AvgIpc) is 2.84. The number of hydrogen-bond donors (Lipinski definition) is 0. The molecule has 0 aliphatic heterocycles. The van der Waals surface area contributed by atoms with Crippen LogP contribution in [0, 0.1) is 6.92 Å². The van der Waals surface area contributed by atoms with Crippen LogP contribution in [0.15, 0.2) is 41.9 Å². The third-order valence-corrected chi connectivity index (χ3v) is 3.50. The smallest absolute Gasteiger partial charge is 0.214 e. The van der Waals surface area contributed by atoms with Crippen LogP contribution in [0.3, 0.4) is 0 Å². The Balaban J connectivity index is 2.17. The summed E-state index contributed by atoms with van der Waals surface area (Å²) in [5.41, 5.74) is 1.84. The van der Waals surface area contributed by atoms with Crippen LogP contribution in [0.25, 0.3) is 10.9 Å². The van der Waals surface area contributed by atoms with Crippen molar-refractivity contribution in [3.8, 4) is 0 Å². The van der Waals surface area contributed by atoms with Crippen LogP contribution in [-0.4, -0.2) is 15.8 Å². The zero-order chi connectivity index (χ0) is 12.5. The van der Waals surface area contributed by atoms with Gasteiger partial charge in [0.05, 0.1) is 16.1 Å². The molecule has 0 spiro atoms. The van der Waals surface area contributed by atoms with Gasteiger partial charge in [0.1, 0.15) is 5.69 Å². The second-order valence-corrected chi connectivity index (χ2v) is 5.02. The molecule has 3 aromatic rings. The van der Waals surface area contributed by atoms with Crippen molar-refractivity contribution in [1.29, 1.82) is 0 Å². The molecular formula is C14H10N2OS. The van der Waals surface area contributed by atoms with E-state index in [0.717, 1.165) is 15.9 Å². The highest BCUT2D eigenvalue weighted by atomic mass is 32.1. The Labute approximate surface area is 108 Å². The van der Waals surface area contributed by atoms with Crippen molar-refractivity contribution < 1.29 is 4.79 Å². The molecule has 1 aromatic carbocycles. The van der Waals surface area contributed by atoms with Gasteiger partial charge in [0, 0.05) is 17.0 Å². The van der Waals surface area contributed by atoms with Crippen LogP contribution in [0.5, 0.6) is 0 Å². The maximum Gasteiger partial charge on any atom is 0.214 e. The minimum atomic E-state index is -0.0661. The van der Waals surface area contributed by atoms with Crippen LogP contribution >= 0.6 is 11.3 Å². The molecule has 2 aromatic heterocycles. The number of aromatic nitrogens is 2. The largest absolute Gasteiger partial charge is 0.287 e. The zero-order valence-electron chi connectivity index (χ0n) is 9.75. The molecule has 3 nitrogen and oxygen atoms in total. The summed E-state index contributed by atoms with van der Waals surface area (Å²) in [6.07, 6.45) is 1.70. The highest BCUT2D eigenvalue weighted by Crippen LogP contribution is 2.20. The lowest BCUT2D eigenvalue weighted by molar-refractivity contribution is 0.103. The molecule has 0 radical (unpaired) electrons. The molecule has 0 unspecified atom stereocenters. The second-order valence-electron chi connectivity index (χ2n) is 3.96. The monoisotopic (exact) mass is 254 g/mol. The lowest BCUT2D eigenvalue weighted by atomic mass is 10.0. The lowest BCUT2D eigenvalue weighted by Gasteiger charge is -2.02. The normalized spacial score (nSPS) is 10.7. The van der Waals surface area contributed by atoms with Gasteiger partial charge in [-0.25, -0.2) is 4.98 Å². The first-order chi connectivity index (χ1) is 8.75. The number of rotatable bonds is 2. The maximum absolute atomic E-state index is 12.4. The van der Waals surface area contributed by atoms with Gasteiger partial charge < -0.3 is 0 Å². The fourth-order valence-electron chi connectivity index (χ4n) is 1.89. The van der Waals surface area contributed by atoms with E-state index in [9.17, 15) is 4.79 Å². The van der Waals surface area contributed by atoms with Crippen LogP contribution < -0.4 is 0 Å². The highest BCUT2D eigenvalue weighted by molar-refractivity contribution is 7.09. The number of thiazole rings is 1. The van der Waals surface area contributed by atoms with Gasteiger partial charge in [-0.3, -0.25) is 9.78 Å². The van der Waals surface area contributed by atoms with Gasteiger partial charge in [-0.1, -0.05) is 18.2 Å². The van der Waals surface area contributed by atoms with Crippen molar-refractivity contribution in [2.45, 2.75) is 6.92 Å². The number of pyridine rings is 1. The molecule has 0 amide bonds. The van der Waals surface area contributed by atoms with Gasteiger partial charge in [-0.2, -0.15) is 0 Å². The van der Waals surface area contributed by atoms with Gasteiger partial charge in [-0.05, 0) is 19.1 Å². The fraction of sp³-hybridized carbons (Fsp3) is 0.0714. The number of ketones is 1. The summed E-state index contributed by atoms with van der Waals surface area (Å²) in [7, 11) is 0. The molecule has 4 heteroatoms. The first-order valence-corrected chi connectivity index (χ1v) is 6.44. The standard InChI is InChI=1S/C14H10N2OS/c1-9-16-12(8-18-9)14(17)11-6-2-4-10-5-3-7-15-13(10)11/h2-8H,1H3. The van der Waals surface area contributed by atoms with Crippen LogP contribution in [-0.2, 0) is 0 Å². The van der Waals surface area contributed by atoms with Crippen molar-refractivity contribution >= 4 is 28.0 Å². The fourth-order valence-corrected chi connectivity index (χ4v) is 2.49. The van der Waals surface area contributed by atoms with Crippen molar-refractivity contribution in [1.82, 2.24) is 9.97 Å². The number of carbonyl (C=O) groups is 1. The van der Waals surface area contributed by atoms with E-state index in [1.54, 1.807) is 17.6 Å². The lowest BCUT2D eigenvalue weighted by Crippen LogP contribution is -2.03. The Bertz CT molecular complexity index is 728. The summed E-state index contributed by atoms with van der Waals surface area (Å²) in [5.74, 6) is -0.0661. The number of fused-ring (bicyclic) bond motifs is 1. The summed E-state index contributed by atoms with van der Waals surface area (Å²) in [6, 6.07) is 9.43. The van der Waals surface area contributed by atoms with Gasteiger partial charge in [0.2, 0.25) is 5.78 Å². The van der Waals surface area contributed by atoms with Gasteiger partial charge in [0.25, 0.3) is 0 Å².